The molecule has 3 aromatic rings. The second-order valence-electron chi connectivity index (χ2n) is 8.44. The summed E-state index contributed by atoms with van der Waals surface area (Å²) in [4.78, 5) is 26.1. The van der Waals surface area contributed by atoms with Crippen LogP contribution in [0.4, 0.5) is 59.7 Å². The van der Waals surface area contributed by atoms with E-state index in [2.05, 4.69) is 15.9 Å². The number of carbonyl (C=O) groups is 2. The van der Waals surface area contributed by atoms with Gasteiger partial charge >= 0.3 is 24.2 Å². The van der Waals surface area contributed by atoms with Gasteiger partial charge in [-0.15, -0.1) is 0 Å². The molecule has 0 bridgehead atoms. The van der Waals surface area contributed by atoms with E-state index in [1.54, 1.807) is 5.32 Å². The van der Waals surface area contributed by atoms with Gasteiger partial charge in [0.15, 0.2) is 18.2 Å². The van der Waals surface area contributed by atoms with E-state index in [-0.39, 0.29) is 16.4 Å². The lowest BCUT2D eigenvalue weighted by Crippen LogP contribution is -2.50. The Balaban J connectivity index is 2.08. The van der Waals surface area contributed by atoms with Crippen LogP contribution in [-0.2, 0) is 11.8 Å². The molecule has 0 atom stereocenters. The SMILES string of the molecule is CN(C(=O)c1ccc[n+]([O-])c1)c1cccc(C(=O)Nc2c(Br)cc(C(F)(C(F)(F)F)C(F)(F)F)cc2C(F)(F)F)c1F. The summed E-state index contributed by atoms with van der Waals surface area (Å²) in [7, 11) is 1.03. The summed E-state index contributed by atoms with van der Waals surface area (Å²) in [5, 5.41) is 13.0. The number of nitrogens with zero attached hydrogens (tertiary/aromatic N) is 2. The summed E-state index contributed by atoms with van der Waals surface area (Å²) < 4.78 is 149. The molecule has 226 valence electrons. The molecule has 2 aromatic carbocycles. The highest BCUT2D eigenvalue weighted by atomic mass is 79.9. The van der Waals surface area contributed by atoms with Crippen LogP contribution in [-0.4, -0.2) is 31.2 Å². The van der Waals surface area contributed by atoms with Gasteiger partial charge in [0.05, 0.1) is 22.5 Å². The van der Waals surface area contributed by atoms with Gasteiger partial charge in [-0.3, -0.25) is 9.59 Å². The molecule has 3 rings (SSSR count). The van der Waals surface area contributed by atoms with E-state index in [1.807, 2.05) is 0 Å². The minimum absolute atomic E-state index is 0.218. The predicted molar refractivity (Wildman–Crippen MR) is 127 cm³/mol. The van der Waals surface area contributed by atoms with Gasteiger partial charge in [0.25, 0.3) is 11.8 Å². The lowest BCUT2D eigenvalue weighted by molar-refractivity contribution is -0.605. The molecule has 0 saturated heterocycles. The smallest absolute Gasteiger partial charge is 0.435 e. The number of aromatic nitrogens is 1. The van der Waals surface area contributed by atoms with Crippen molar-refractivity contribution in [2.45, 2.75) is 24.2 Å². The van der Waals surface area contributed by atoms with Gasteiger partial charge in [0, 0.05) is 23.2 Å². The average Bonchev–Trinajstić information content (AvgIpc) is 2.86. The highest BCUT2D eigenvalue weighted by Gasteiger charge is 2.73. The fourth-order valence-corrected chi connectivity index (χ4v) is 4.22. The van der Waals surface area contributed by atoms with Crippen molar-refractivity contribution in [1.29, 1.82) is 0 Å². The van der Waals surface area contributed by atoms with Crippen molar-refractivity contribution < 1.29 is 62.6 Å². The van der Waals surface area contributed by atoms with Crippen molar-refractivity contribution in [3.63, 3.8) is 0 Å². The first-order valence-corrected chi connectivity index (χ1v) is 11.7. The fraction of sp³-hybridized carbons (Fsp3) is 0.208. The van der Waals surface area contributed by atoms with Crippen molar-refractivity contribution in [2.24, 2.45) is 0 Å². The largest absolute Gasteiger partial charge is 0.619 e. The van der Waals surface area contributed by atoms with E-state index in [9.17, 15) is 58.7 Å². The Morgan fingerprint density at radius 3 is 2.05 bits per heavy atom. The third-order valence-electron chi connectivity index (χ3n) is 5.72. The van der Waals surface area contributed by atoms with Crippen molar-refractivity contribution >= 4 is 39.1 Å². The van der Waals surface area contributed by atoms with Crippen molar-refractivity contribution in [1.82, 2.24) is 0 Å². The Bertz CT molecular complexity index is 1520. The molecule has 0 aliphatic rings. The van der Waals surface area contributed by atoms with E-state index in [0.29, 0.717) is 4.90 Å². The molecule has 1 aromatic heterocycles. The van der Waals surface area contributed by atoms with Crippen molar-refractivity contribution in [3.05, 3.63) is 92.6 Å². The monoisotopic (exact) mass is 679 g/mol. The molecule has 0 radical (unpaired) electrons. The Morgan fingerprint density at radius 2 is 1.52 bits per heavy atom. The summed E-state index contributed by atoms with van der Waals surface area (Å²) in [5.74, 6) is -4.10. The van der Waals surface area contributed by atoms with Gasteiger partial charge in [0.2, 0.25) is 0 Å². The van der Waals surface area contributed by atoms with Gasteiger partial charge in [-0.2, -0.15) is 44.2 Å². The zero-order chi connectivity index (χ0) is 32.0. The number of alkyl halides is 10. The molecule has 18 heteroatoms. The number of amides is 2. The predicted octanol–water partition coefficient (Wildman–Crippen LogP) is 7.06. The lowest BCUT2D eigenvalue weighted by atomic mass is 9.92. The highest BCUT2D eigenvalue weighted by molar-refractivity contribution is 9.10. The number of halogens is 12. The maximum absolute atomic E-state index is 15.3. The summed E-state index contributed by atoms with van der Waals surface area (Å²) in [5.41, 5.74) is -14.3. The van der Waals surface area contributed by atoms with Crippen LogP contribution in [0.3, 0.4) is 0 Å². The van der Waals surface area contributed by atoms with Gasteiger partial charge in [0.1, 0.15) is 5.56 Å². The third kappa shape index (κ3) is 5.98. The first-order chi connectivity index (χ1) is 19.1. The van der Waals surface area contributed by atoms with E-state index in [1.165, 1.54) is 12.1 Å². The molecular formula is C24H13BrF11N3O3. The van der Waals surface area contributed by atoms with Crippen molar-refractivity contribution in [2.75, 3.05) is 17.3 Å². The molecule has 42 heavy (non-hydrogen) atoms. The first-order valence-electron chi connectivity index (χ1n) is 10.9. The number of benzene rings is 2. The Labute approximate surface area is 236 Å². The summed E-state index contributed by atoms with van der Waals surface area (Å²) >= 11 is 2.33. The Morgan fingerprint density at radius 1 is 0.929 bits per heavy atom. The second-order valence-corrected chi connectivity index (χ2v) is 9.30. The van der Waals surface area contributed by atoms with E-state index < -0.39 is 80.4 Å². The molecule has 0 aliphatic carbocycles. The van der Waals surface area contributed by atoms with E-state index in [4.69, 9.17) is 0 Å². The zero-order valence-corrected chi connectivity index (χ0v) is 21.9. The maximum atomic E-state index is 15.3. The molecule has 2 amide bonds. The second kappa shape index (κ2) is 11.0. The van der Waals surface area contributed by atoms with Crippen LogP contribution < -0.4 is 14.9 Å². The minimum atomic E-state index is -6.74. The van der Waals surface area contributed by atoms with Crippen LogP contribution in [0, 0.1) is 11.0 Å². The van der Waals surface area contributed by atoms with Crippen LogP contribution in [0.5, 0.6) is 0 Å². The van der Waals surface area contributed by atoms with Crippen LogP contribution in [0.1, 0.15) is 31.8 Å². The number of nitrogens with one attached hydrogen (secondary N) is 1. The quantitative estimate of drug-likeness (QED) is 0.178. The number of carbonyl (C=O) groups excluding carboxylic acids is 2. The Hall–Kier alpha value is -3.96. The minimum Gasteiger partial charge on any atom is -0.619 e. The van der Waals surface area contributed by atoms with E-state index in [0.717, 1.165) is 37.6 Å². The molecule has 1 N–H and O–H groups in total. The van der Waals surface area contributed by atoms with Crippen molar-refractivity contribution in [3.8, 4) is 0 Å². The molecule has 0 unspecified atom stereocenters. The average molecular weight is 680 g/mol. The standard InChI is InChI=1S/C24H13BrF11N3O3/c1-38(20(41)11-4-3-7-39(42)10-11)16-6-2-5-13(17(16)26)19(40)37-18-14(22(28,29)30)8-12(9-15(18)25)21(27,23(31,32)33)24(34,35)36/h2-10H,1H3,(H,37,40). The maximum Gasteiger partial charge on any atom is 0.435 e. The molecule has 0 saturated carbocycles. The number of hydrogen-bond donors (Lipinski definition) is 1. The third-order valence-corrected chi connectivity index (χ3v) is 6.35. The Kier molecular flexibility index (Phi) is 8.55. The van der Waals surface area contributed by atoms with Crippen LogP contribution >= 0.6 is 15.9 Å². The first kappa shape index (κ1) is 32.6. The van der Waals surface area contributed by atoms with E-state index >= 15 is 4.39 Å². The number of hydrogen-bond acceptors (Lipinski definition) is 3. The zero-order valence-electron chi connectivity index (χ0n) is 20.4. The van der Waals surface area contributed by atoms with Crippen LogP contribution in [0.25, 0.3) is 0 Å². The number of pyridine rings is 1. The van der Waals surface area contributed by atoms with Gasteiger partial charge in [-0.25, -0.2) is 8.78 Å². The number of anilines is 2. The summed E-state index contributed by atoms with van der Waals surface area (Å²) in [6, 6.07) is 4.10. The lowest BCUT2D eigenvalue weighted by Gasteiger charge is -2.31. The normalized spacial score (nSPS) is 12.7. The molecule has 0 aliphatic heterocycles. The van der Waals surface area contributed by atoms with Gasteiger partial charge in [-0.1, -0.05) is 6.07 Å². The molecule has 1 heterocycles. The van der Waals surface area contributed by atoms with Crippen LogP contribution in [0.15, 0.2) is 59.3 Å². The topological polar surface area (TPSA) is 76.3 Å². The summed E-state index contributed by atoms with van der Waals surface area (Å²) in [6.45, 7) is 0. The summed E-state index contributed by atoms with van der Waals surface area (Å²) in [6.07, 6.45) is -17.3. The fourth-order valence-electron chi connectivity index (χ4n) is 3.66. The van der Waals surface area contributed by atoms with Gasteiger partial charge < -0.3 is 15.4 Å². The number of rotatable bonds is 5. The molecule has 0 spiro atoms. The molecule has 0 fully saturated rings. The molecular weight excluding hydrogens is 667 g/mol. The van der Waals surface area contributed by atoms with Gasteiger partial charge in [-0.05, 0) is 46.3 Å². The molecule has 6 nitrogen and oxygen atoms in total. The van der Waals surface area contributed by atoms with Crippen LogP contribution in [0.2, 0.25) is 0 Å². The highest BCUT2D eigenvalue weighted by Crippen LogP contribution is 2.55.